The molecule has 0 saturated heterocycles. The number of hydrogen-bond acceptors (Lipinski definition) is 6. The first-order valence-corrected chi connectivity index (χ1v) is 25.7. The lowest BCUT2D eigenvalue weighted by atomic mass is 10.0. The Morgan fingerprint density at radius 3 is 0.984 bits per heavy atom. The third-order valence-electron chi connectivity index (χ3n) is 10.8. The van der Waals surface area contributed by atoms with Crippen LogP contribution in [0.15, 0.2) is 85.1 Å². The maximum Gasteiger partial charge on any atom is 0.306 e. The average Bonchev–Trinajstić information content (AvgIpc) is 3.27. The average molecular weight is 863 g/mol. The fourth-order valence-electron chi connectivity index (χ4n) is 6.98. The van der Waals surface area contributed by atoms with E-state index in [-0.39, 0.29) is 31.1 Å². The molecule has 0 aliphatic carbocycles. The van der Waals surface area contributed by atoms with Crippen molar-refractivity contribution in [1.29, 1.82) is 0 Å². The summed E-state index contributed by atoms with van der Waals surface area (Å²) in [6.45, 7) is 6.33. The molecule has 0 rings (SSSR count). The van der Waals surface area contributed by atoms with E-state index in [9.17, 15) is 14.4 Å². The molecular weight excluding hydrogens is 769 g/mol. The summed E-state index contributed by atoms with van der Waals surface area (Å²) in [5.74, 6) is -0.936. The van der Waals surface area contributed by atoms with Gasteiger partial charge in [0.25, 0.3) is 0 Å². The number of carbonyl (C=O) groups excluding carboxylic acids is 3. The minimum atomic E-state index is -0.795. The number of allylic oxidation sites excluding steroid dienone is 14. The molecule has 0 aromatic rings. The molecule has 1 unspecified atom stereocenters. The van der Waals surface area contributed by atoms with Gasteiger partial charge in [-0.1, -0.05) is 241 Å². The van der Waals surface area contributed by atoms with Crippen molar-refractivity contribution >= 4 is 17.9 Å². The van der Waals surface area contributed by atoms with Gasteiger partial charge in [0.2, 0.25) is 0 Å². The van der Waals surface area contributed by atoms with Crippen LogP contribution in [0, 0.1) is 0 Å². The van der Waals surface area contributed by atoms with Gasteiger partial charge in [-0.15, -0.1) is 0 Å². The van der Waals surface area contributed by atoms with Gasteiger partial charge in [0.05, 0.1) is 0 Å². The summed E-state index contributed by atoms with van der Waals surface area (Å²) in [6, 6.07) is 0. The highest BCUT2D eigenvalue weighted by atomic mass is 16.6. The number of ether oxygens (including phenoxy) is 3. The minimum Gasteiger partial charge on any atom is -0.462 e. The van der Waals surface area contributed by atoms with Gasteiger partial charge in [-0.25, -0.2) is 0 Å². The number of carbonyl (C=O) groups is 3. The summed E-state index contributed by atoms with van der Waals surface area (Å²) in [7, 11) is 0. The molecule has 0 saturated carbocycles. The molecule has 0 N–H and O–H groups in total. The van der Waals surface area contributed by atoms with Crippen molar-refractivity contribution in [3.05, 3.63) is 85.1 Å². The molecule has 354 valence electrons. The van der Waals surface area contributed by atoms with Crippen LogP contribution < -0.4 is 0 Å². The molecule has 6 nitrogen and oxygen atoms in total. The number of esters is 3. The third kappa shape index (κ3) is 47.6. The van der Waals surface area contributed by atoms with E-state index in [1.165, 1.54) is 83.5 Å². The molecule has 0 amide bonds. The van der Waals surface area contributed by atoms with Crippen molar-refractivity contribution < 1.29 is 28.6 Å². The van der Waals surface area contributed by atoms with Crippen molar-refractivity contribution in [3.63, 3.8) is 0 Å². The first-order valence-electron chi connectivity index (χ1n) is 25.7. The van der Waals surface area contributed by atoms with Gasteiger partial charge >= 0.3 is 17.9 Å². The summed E-state index contributed by atoms with van der Waals surface area (Å²) in [5.41, 5.74) is 0. The van der Waals surface area contributed by atoms with E-state index in [1.807, 2.05) is 18.2 Å². The first-order chi connectivity index (χ1) is 30.5. The summed E-state index contributed by atoms with van der Waals surface area (Å²) in [4.78, 5) is 38.0. The SMILES string of the molecule is CC/C=C/C=C/C=C/C=C/CCCCCCCC(=O)OC(COC(=O)CCCCCCC/C=C/C=C/C=C/CC)COC(=O)CCCCCCCCCCCCCCCCCC. The Hall–Kier alpha value is -3.41. The minimum absolute atomic E-state index is 0.0920. The lowest BCUT2D eigenvalue weighted by Gasteiger charge is -2.18. The maximum absolute atomic E-state index is 12.8. The maximum atomic E-state index is 12.8. The van der Waals surface area contributed by atoms with Gasteiger partial charge in [-0.05, 0) is 57.8 Å². The standard InChI is InChI=1S/C56H94O6/c1-4-7-10-13-16-19-22-25-27-29-31-34-37-40-43-46-49-55(58)61-52-53(51-60-54(57)48-45-42-39-36-33-30-24-21-18-15-12-9-6-3)62-56(59)50-47-44-41-38-35-32-28-26-23-20-17-14-11-8-5-2/h8-9,11-12,14-15,17-18,20-21,23-24,26,28,53H,4-7,10,13,16,19,22,25,27,29-52H2,1-3H3/b11-8+,12-9+,17-14+,18-15+,23-20+,24-21+,28-26+. The Kier molecular flexibility index (Phi) is 47.5. The predicted molar refractivity (Wildman–Crippen MR) is 265 cm³/mol. The highest BCUT2D eigenvalue weighted by molar-refractivity contribution is 5.71. The topological polar surface area (TPSA) is 78.9 Å². The van der Waals surface area contributed by atoms with Crippen LogP contribution >= 0.6 is 0 Å². The zero-order valence-electron chi connectivity index (χ0n) is 40.4. The van der Waals surface area contributed by atoms with E-state index in [1.54, 1.807) is 0 Å². The second-order valence-electron chi connectivity index (χ2n) is 16.8. The molecule has 0 aromatic carbocycles. The van der Waals surface area contributed by atoms with E-state index in [2.05, 4.69) is 87.6 Å². The van der Waals surface area contributed by atoms with E-state index in [4.69, 9.17) is 14.2 Å². The molecule has 0 radical (unpaired) electrons. The molecule has 1 atom stereocenters. The van der Waals surface area contributed by atoms with Crippen molar-refractivity contribution in [1.82, 2.24) is 0 Å². The highest BCUT2D eigenvalue weighted by Crippen LogP contribution is 2.15. The van der Waals surface area contributed by atoms with Crippen molar-refractivity contribution in [2.75, 3.05) is 13.2 Å². The monoisotopic (exact) mass is 863 g/mol. The molecule has 0 spiro atoms. The third-order valence-corrected chi connectivity index (χ3v) is 10.8. The van der Waals surface area contributed by atoms with Gasteiger partial charge in [0, 0.05) is 19.3 Å². The fourth-order valence-corrected chi connectivity index (χ4v) is 6.98. The van der Waals surface area contributed by atoms with Crippen molar-refractivity contribution in [3.8, 4) is 0 Å². The van der Waals surface area contributed by atoms with Crippen LogP contribution in [0.4, 0.5) is 0 Å². The van der Waals surface area contributed by atoms with Gasteiger partial charge in [0.15, 0.2) is 6.10 Å². The molecule has 6 heteroatoms. The van der Waals surface area contributed by atoms with Crippen LogP contribution in [-0.2, 0) is 28.6 Å². The number of hydrogen-bond donors (Lipinski definition) is 0. The molecular formula is C56H94O6. The Balaban J connectivity index is 4.44. The number of unbranched alkanes of at least 4 members (excludes halogenated alkanes) is 25. The summed E-state index contributed by atoms with van der Waals surface area (Å²) >= 11 is 0. The number of rotatable bonds is 45. The Morgan fingerprint density at radius 1 is 0.339 bits per heavy atom. The molecule has 0 fully saturated rings. The normalized spacial score (nSPS) is 12.8. The zero-order chi connectivity index (χ0) is 45.1. The first kappa shape index (κ1) is 58.6. The van der Waals surface area contributed by atoms with Crippen LogP contribution in [0.5, 0.6) is 0 Å². The quantitative estimate of drug-likeness (QED) is 0.0263. The predicted octanol–water partition coefficient (Wildman–Crippen LogP) is 16.8. The molecule has 0 bridgehead atoms. The van der Waals surface area contributed by atoms with Gasteiger partial charge in [-0.2, -0.15) is 0 Å². The fraction of sp³-hybridized carbons (Fsp3) is 0.696. The molecule has 0 aliphatic heterocycles. The molecule has 0 heterocycles. The Bertz CT molecular complexity index is 1220. The molecule has 62 heavy (non-hydrogen) atoms. The van der Waals surface area contributed by atoms with E-state index in [0.717, 1.165) is 109 Å². The smallest absolute Gasteiger partial charge is 0.306 e. The van der Waals surface area contributed by atoms with Crippen molar-refractivity contribution in [2.24, 2.45) is 0 Å². The molecule has 0 aromatic heterocycles. The van der Waals surface area contributed by atoms with Crippen LogP contribution in [-0.4, -0.2) is 37.2 Å². The highest BCUT2D eigenvalue weighted by Gasteiger charge is 2.19. The lowest BCUT2D eigenvalue weighted by Crippen LogP contribution is -2.30. The van der Waals surface area contributed by atoms with Gasteiger partial charge in [-0.3, -0.25) is 14.4 Å². The molecule has 0 aliphatic rings. The van der Waals surface area contributed by atoms with Crippen molar-refractivity contribution in [2.45, 2.75) is 239 Å². The van der Waals surface area contributed by atoms with Crippen LogP contribution in [0.2, 0.25) is 0 Å². The van der Waals surface area contributed by atoms with Crippen LogP contribution in [0.25, 0.3) is 0 Å². The summed E-state index contributed by atoms with van der Waals surface area (Å²) in [6.07, 6.45) is 64.2. The summed E-state index contributed by atoms with van der Waals surface area (Å²) < 4.78 is 16.8. The largest absolute Gasteiger partial charge is 0.462 e. The van der Waals surface area contributed by atoms with Crippen LogP contribution in [0.1, 0.15) is 233 Å². The second kappa shape index (κ2) is 50.2. The Morgan fingerprint density at radius 2 is 0.629 bits per heavy atom. The van der Waals surface area contributed by atoms with E-state index in [0.29, 0.717) is 19.3 Å². The summed E-state index contributed by atoms with van der Waals surface area (Å²) in [5, 5.41) is 0. The Labute approximate surface area is 382 Å². The van der Waals surface area contributed by atoms with Gasteiger partial charge in [0.1, 0.15) is 13.2 Å². The zero-order valence-corrected chi connectivity index (χ0v) is 40.4. The van der Waals surface area contributed by atoms with E-state index < -0.39 is 6.10 Å². The van der Waals surface area contributed by atoms with Crippen LogP contribution in [0.3, 0.4) is 0 Å². The van der Waals surface area contributed by atoms with Gasteiger partial charge < -0.3 is 14.2 Å². The van der Waals surface area contributed by atoms with E-state index >= 15 is 0 Å². The lowest BCUT2D eigenvalue weighted by molar-refractivity contribution is -0.167. The second-order valence-corrected chi connectivity index (χ2v) is 16.8.